The van der Waals surface area contributed by atoms with Crippen LogP contribution in [0.15, 0.2) is 36.1 Å². The van der Waals surface area contributed by atoms with Crippen LogP contribution in [-0.2, 0) is 4.74 Å². The third-order valence-corrected chi connectivity index (χ3v) is 4.13. The van der Waals surface area contributed by atoms with Crippen LogP contribution in [0.4, 0.5) is 0 Å². The van der Waals surface area contributed by atoms with Crippen LogP contribution in [0.1, 0.15) is 45.4 Å². The van der Waals surface area contributed by atoms with Crippen molar-refractivity contribution in [2.45, 2.75) is 51.6 Å². The summed E-state index contributed by atoms with van der Waals surface area (Å²) >= 11 is 0. The predicted molar refractivity (Wildman–Crippen MR) is 74.1 cm³/mol. The smallest absolute Gasteiger partial charge is 0.119 e. The summed E-state index contributed by atoms with van der Waals surface area (Å²) in [5, 5.41) is 9.01. The summed E-state index contributed by atoms with van der Waals surface area (Å²) in [6.07, 6.45) is 13.9. The Hall–Kier alpha value is -1.02. The lowest BCUT2D eigenvalue weighted by atomic mass is 9.85. The quantitative estimate of drug-likeness (QED) is 0.593. The molecule has 2 nitrogen and oxygen atoms in total. The lowest BCUT2D eigenvalue weighted by molar-refractivity contribution is 0.0689. The Morgan fingerprint density at radius 2 is 2.00 bits per heavy atom. The molecule has 0 bridgehead atoms. The molecule has 0 saturated heterocycles. The van der Waals surface area contributed by atoms with Gasteiger partial charge in [0.15, 0.2) is 0 Å². The van der Waals surface area contributed by atoms with E-state index in [0.29, 0.717) is 17.1 Å². The Morgan fingerprint density at radius 3 is 2.50 bits per heavy atom. The van der Waals surface area contributed by atoms with E-state index in [9.17, 15) is 0 Å². The topological polar surface area (TPSA) is 29.5 Å². The summed E-state index contributed by atoms with van der Waals surface area (Å²) in [7, 11) is 0. The van der Waals surface area contributed by atoms with Gasteiger partial charge in [0.25, 0.3) is 0 Å². The van der Waals surface area contributed by atoms with Gasteiger partial charge in [-0.1, -0.05) is 12.7 Å². The summed E-state index contributed by atoms with van der Waals surface area (Å²) in [6, 6.07) is 0. The number of ether oxygens (including phenoxy) is 1. The van der Waals surface area contributed by atoms with E-state index >= 15 is 0 Å². The van der Waals surface area contributed by atoms with Gasteiger partial charge < -0.3 is 9.84 Å². The van der Waals surface area contributed by atoms with E-state index in [1.54, 1.807) is 0 Å². The average Bonchev–Trinajstić information content (AvgIpc) is 3.12. The molecule has 0 unspecified atom stereocenters. The van der Waals surface area contributed by atoms with E-state index in [0.717, 1.165) is 5.76 Å². The first kappa shape index (κ1) is 13.4. The Bertz CT molecular complexity index is 351. The Kier molecular flexibility index (Phi) is 4.28. The molecule has 0 aromatic carbocycles. The molecular formula is C16H24O2. The highest BCUT2D eigenvalue weighted by Gasteiger charge is 2.45. The molecular weight excluding hydrogens is 224 g/mol. The molecule has 0 aromatic heterocycles. The van der Waals surface area contributed by atoms with Gasteiger partial charge in [0, 0.05) is 0 Å². The van der Waals surface area contributed by atoms with Crippen molar-refractivity contribution in [3.63, 3.8) is 0 Å². The fourth-order valence-electron chi connectivity index (χ4n) is 2.72. The zero-order chi connectivity index (χ0) is 13.0. The van der Waals surface area contributed by atoms with Crippen LogP contribution >= 0.6 is 0 Å². The van der Waals surface area contributed by atoms with E-state index in [1.165, 1.54) is 38.5 Å². The minimum absolute atomic E-state index is 0.0157. The van der Waals surface area contributed by atoms with E-state index in [1.807, 2.05) is 25.2 Å². The number of hydrogen-bond acceptors (Lipinski definition) is 2. The molecule has 18 heavy (non-hydrogen) atoms. The van der Waals surface area contributed by atoms with E-state index in [4.69, 9.17) is 9.84 Å². The molecule has 2 aliphatic carbocycles. The second-order valence-electron chi connectivity index (χ2n) is 5.68. The SMILES string of the molecule is C=C(/C=C(\C=C/C)OC1CCC2(CC1)CC2)CO. The van der Waals surface area contributed by atoms with Crippen molar-refractivity contribution in [3.05, 3.63) is 36.1 Å². The van der Waals surface area contributed by atoms with Crippen LogP contribution < -0.4 is 0 Å². The zero-order valence-corrected chi connectivity index (χ0v) is 11.3. The highest BCUT2D eigenvalue weighted by molar-refractivity contribution is 5.24. The van der Waals surface area contributed by atoms with Crippen molar-refractivity contribution in [1.82, 2.24) is 0 Å². The van der Waals surface area contributed by atoms with E-state index in [2.05, 4.69) is 6.58 Å². The van der Waals surface area contributed by atoms with Crippen molar-refractivity contribution in [2.75, 3.05) is 6.61 Å². The van der Waals surface area contributed by atoms with Crippen LogP contribution in [0.2, 0.25) is 0 Å². The lowest BCUT2D eigenvalue weighted by Gasteiger charge is -2.29. The number of hydrogen-bond donors (Lipinski definition) is 1. The molecule has 0 amide bonds. The van der Waals surface area contributed by atoms with Gasteiger partial charge >= 0.3 is 0 Å². The standard InChI is InChI=1S/C16H24O2/c1-3-4-15(11-13(2)12-17)18-14-5-7-16(8-6-14)9-10-16/h3-4,11,14,17H,2,5-10,12H2,1H3/b4-3-,15-11+. The second-order valence-corrected chi connectivity index (χ2v) is 5.68. The maximum atomic E-state index is 9.01. The largest absolute Gasteiger partial charge is 0.490 e. The second kappa shape index (κ2) is 5.75. The van der Waals surface area contributed by atoms with Gasteiger partial charge in [-0.3, -0.25) is 0 Å². The van der Waals surface area contributed by atoms with Gasteiger partial charge in [-0.25, -0.2) is 0 Å². The summed E-state index contributed by atoms with van der Waals surface area (Å²) in [5.74, 6) is 0.827. The van der Waals surface area contributed by atoms with Gasteiger partial charge in [0.1, 0.15) is 5.76 Å². The maximum absolute atomic E-state index is 9.01. The third kappa shape index (κ3) is 3.49. The Balaban J connectivity index is 1.88. The molecule has 2 aliphatic rings. The van der Waals surface area contributed by atoms with Crippen molar-refractivity contribution in [1.29, 1.82) is 0 Å². The molecule has 2 saturated carbocycles. The summed E-state index contributed by atoms with van der Waals surface area (Å²) in [5.41, 5.74) is 1.40. The first-order valence-corrected chi connectivity index (χ1v) is 6.97. The van der Waals surface area contributed by atoms with Crippen LogP contribution in [-0.4, -0.2) is 17.8 Å². The normalized spacial score (nSPS) is 23.6. The monoisotopic (exact) mass is 248 g/mol. The molecule has 1 N–H and O–H groups in total. The minimum atomic E-state index is -0.0157. The summed E-state index contributed by atoms with van der Waals surface area (Å²) in [6.45, 7) is 5.74. The maximum Gasteiger partial charge on any atom is 0.119 e. The molecule has 1 spiro atoms. The first-order valence-electron chi connectivity index (χ1n) is 6.97. The van der Waals surface area contributed by atoms with Gasteiger partial charge in [0.05, 0.1) is 12.7 Å². The Morgan fingerprint density at radius 1 is 1.33 bits per heavy atom. The average molecular weight is 248 g/mol. The summed E-state index contributed by atoms with van der Waals surface area (Å²) in [4.78, 5) is 0. The van der Waals surface area contributed by atoms with Crippen LogP contribution in [0, 0.1) is 5.41 Å². The van der Waals surface area contributed by atoms with Crippen molar-refractivity contribution in [2.24, 2.45) is 5.41 Å². The number of rotatable bonds is 5. The van der Waals surface area contributed by atoms with Crippen molar-refractivity contribution < 1.29 is 9.84 Å². The molecule has 0 heterocycles. The predicted octanol–water partition coefficient (Wildman–Crippen LogP) is 3.73. The molecule has 0 aliphatic heterocycles. The van der Waals surface area contributed by atoms with Crippen LogP contribution in [0.25, 0.3) is 0 Å². The first-order chi connectivity index (χ1) is 8.67. The minimum Gasteiger partial charge on any atom is -0.490 e. The van der Waals surface area contributed by atoms with Gasteiger partial charge in [-0.05, 0) is 68.6 Å². The third-order valence-electron chi connectivity index (χ3n) is 4.13. The molecule has 0 atom stereocenters. The van der Waals surface area contributed by atoms with Crippen molar-refractivity contribution in [3.8, 4) is 0 Å². The summed E-state index contributed by atoms with van der Waals surface area (Å²) < 4.78 is 6.03. The Labute approximate surface area is 110 Å². The van der Waals surface area contributed by atoms with E-state index < -0.39 is 0 Å². The molecule has 0 aromatic rings. The number of allylic oxidation sites excluding steroid dienone is 2. The molecule has 0 radical (unpaired) electrons. The highest BCUT2D eigenvalue weighted by Crippen LogP contribution is 2.56. The van der Waals surface area contributed by atoms with Crippen molar-refractivity contribution >= 4 is 0 Å². The molecule has 2 fully saturated rings. The molecule has 2 rings (SSSR count). The van der Waals surface area contributed by atoms with Crippen LogP contribution in [0.3, 0.4) is 0 Å². The highest BCUT2D eigenvalue weighted by atomic mass is 16.5. The van der Waals surface area contributed by atoms with Gasteiger partial charge in [-0.2, -0.15) is 0 Å². The molecule has 100 valence electrons. The fraction of sp³-hybridized carbons (Fsp3) is 0.625. The zero-order valence-electron chi connectivity index (χ0n) is 11.3. The number of aliphatic hydroxyl groups is 1. The molecule has 2 heteroatoms. The fourth-order valence-corrected chi connectivity index (χ4v) is 2.72. The van der Waals surface area contributed by atoms with Gasteiger partial charge in [0.2, 0.25) is 0 Å². The van der Waals surface area contributed by atoms with Crippen LogP contribution in [0.5, 0.6) is 0 Å². The number of aliphatic hydroxyl groups excluding tert-OH is 1. The van der Waals surface area contributed by atoms with Gasteiger partial charge in [-0.15, -0.1) is 0 Å². The lowest BCUT2D eigenvalue weighted by Crippen LogP contribution is -2.22. The van der Waals surface area contributed by atoms with E-state index in [-0.39, 0.29) is 6.61 Å².